The molecule has 1 atom stereocenters. The highest BCUT2D eigenvalue weighted by atomic mass is 32.2. The number of hydrogen-bond donors (Lipinski definition) is 1. The van der Waals surface area contributed by atoms with Crippen LogP contribution in [0.15, 0.2) is 29.2 Å². The molecule has 2 rings (SSSR count). The van der Waals surface area contributed by atoms with Crippen LogP contribution in [0.1, 0.15) is 19.8 Å². The van der Waals surface area contributed by atoms with E-state index in [0.717, 1.165) is 12.7 Å². The van der Waals surface area contributed by atoms with Gasteiger partial charge in [-0.3, -0.25) is 4.79 Å². The molecule has 1 heterocycles. The molecule has 2 amide bonds. The Balaban J connectivity index is 1.97. The Morgan fingerprint density at radius 1 is 1.29 bits per heavy atom. The Morgan fingerprint density at radius 3 is 2.54 bits per heavy atom. The molecule has 1 aliphatic heterocycles. The highest BCUT2D eigenvalue weighted by Crippen LogP contribution is 2.20. The summed E-state index contributed by atoms with van der Waals surface area (Å²) in [7, 11) is -3.26. The van der Waals surface area contributed by atoms with Crippen LogP contribution in [-0.2, 0) is 19.4 Å². The van der Waals surface area contributed by atoms with Crippen LogP contribution >= 0.6 is 0 Å². The number of carbonyl (C=O) groups excluding carboxylic acids is 2. The first-order valence-corrected chi connectivity index (χ1v) is 9.73. The van der Waals surface area contributed by atoms with Gasteiger partial charge in [0.2, 0.25) is 5.91 Å². The van der Waals surface area contributed by atoms with Gasteiger partial charge in [0, 0.05) is 25.0 Å². The van der Waals surface area contributed by atoms with E-state index in [4.69, 9.17) is 4.74 Å². The average Bonchev–Trinajstić information content (AvgIpc) is 2.55. The minimum atomic E-state index is -3.26. The number of nitrogens with one attached hydrogen (secondary N) is 1. The molecule has 0 spiro atoms. The third-order valence-corrected chi connectivity index (χ3v) is 5.00. The second kappa shape index (κ2) is 7.65. The predicted molar refractivity (Wildman–Crippen MR) is 89.5 cm³/mol. The van der Waals surface area contributed by atoms with Crippen molar-refractivity contribution in [2.75, 3.05) is 31.3 Å². The largest absolute Gasteiger partial charge is 0.450 e. The van der Waals surface area contributed by atoms with Crippen LogP contribution in [0, 0.1) is 5.92 Å². The zero-order valence-electron chi connectivity index (χ0n) is 13.8. The predicted octanol–water partition coefficient (Wildman–Crippen LogP) is 1.90. The standard InChI is InChI=1S/C16H22N2O5S/c1-3-23-16(20)18-10-4-5-12(11-18)15(19)17-13-6-8-14(9-7-13)24(2,21)22/h6-9,12H,3-5,10-11H2,1-2H3,(H,17,19)/t12-/m1/s1. The third-order valence-electron chi connectivity index (χ3n) is 3.87. The zero-order valence-corrected chi connectivity index (χ0v) is 14.6. The molecule has 1 aromatic rings. The maximum Gasteiger partial charge on any atom is 0.409 e. The van der Waals surface area contributed by atoms with Gasteiger partial charge in [0.25, 0.3) is 0 Å². The lowest BCUT2D eigenvalue weighted by molar-refractivity contribution is -0.121. The molecule has 0 aliphatic carbocycles. The second-order valence-electron chi connectivity index (χ2n) is 5.77. The first-order chi connectivity index (χ1) is 11.3. The summed E-state index contributed by atoms with van der Waals surface area (Å²) < 4.78 is 27.8. The lowest BCUT2D eigenvalue weighted by atomic mass is 9.97. The fourth-order valence-corrected chi connectivity index (χ4v) is 3.23. The number of sulfone groups is 1. The van der Waals surface area contributed by atoms with Gasteiger partial charge in [0.1, 0.15) is 0 Å². The lowest BCUT2D eigenvalue weighted by Crippen LogP contribution is -2.44. The topological polar surface area (TPSA) is 92.8 Å². The number of likely N-dealkylation sites (tertiary alicyclic amines) is 1. The van der Waals surface area contributed by atoms with E-state index in [1.807, 2.05) is 0 Å². The molecule has 0 bridgehead atoms. The summed E-state index contributed by atoms with van der Waals surface area (Å²) in [4.78, 5) is 25.9. The summed E-state index contributed by atoms with van der Waals surface area (Å²) >= 11 is 0. The molecule has 0 unspecified atom stereocenters. The van der Waals surface area contributed by atoms with E-state index in [-0.39, 0.29) is 16.7 Å². The number of ether oxygens (including phenoxy) is 1. The van der Waals surface area contributed by atoms with Gasteiger partial charge in [-0.15, -0.1) is 0 Å². The van der Waals surface area contributed by atoms with Crippen LogP contribution in [0.4, 0.5) is 10.5 Å². The van der Waals surface area contributed by atoms with Crippen molar-refractivity contribution in [2.45, 2.75) is 24.7 Å². The van der Waals surface area contributed by atoms with Gasteiger partial charge in [0.05, 0.1) is 17.4 Å². The minimum Gasteiger partial charge on any atom is -0.450 e. The number of benzene rings is 1. The van der Waals surface area contributed by atoms with Gasteiger partial charge in [-0.25, -0.2) is 13.2 Å². The van der Waals surface area contributed by atoms with Gasteiger partial charge >= 0.3 is 6.09 Å². The van der Waals surface area contributed by atoms with E-state index in [0.29, 0.717) is 31.8 Å². The molecule has 1 fully saturated rings. The monoisotopic (exact) mass is 354 g/mol. The van der Waals surface area contributed by atoms with E-state index in [9.17, 15) is 18.0 Å². The SMILES string of the molecule is CCOC(=O)N1CCC[C@@H](C(=O)Nc2ccc(S(C)(=O)=O)cc2)C1. The quantitative estimate of drug-likeness (QED) is 0.891. The summed E-state index contributed by atoms with van der Waals surface area (Å²) in [5.74, 6) is -0.492. The molecule has 0 saturated carbocycles. The van der Waals surface area contributed by atoms with E-state index >= 15 is 0 Å². The maximum atomic E-state index is 12.4. The minimum absolute atomic E-state index is 0.184. The first-order valence-electron chi connectivity index (χ1n) is 7.84. The van der Waals surface area contributed by atoms with E-state index < -0.39 is 15.9 Å². The van der Waals surface area contributed by atoms with Gasteiger partial charge in [-0.1, -0.05) is 0 Å². The smallest absolute Gasteiger partial charge is 0.409 e. The van der Waals surface area contributed by atoms with Crippen LogP contribution in [0.3, 0.4) is 0 Å². The highest BCUT2D eigenvalue weighted by Gasteiger charge is 2.29. The highest BCUT2D eigenvalue weighted by molar-refractivity contribution is 7.90. The Labute approximate surface area is 141 Å². The van der Waals surface area contributed by atoms with E-state index in [1.54, 1.807) is 24.0 Å². The van der Waals surface area contributed by atoms with Crippen molar-refractivity contribution in [1.29, 1.82) is 0 Å². The van der Waals surface area contributed by atoms with E-state index in [1.165, 1.54) is 12.1 Å². The first kappa shape index (κ1) is 18.3. The normalized spacial score (nSPS) is 18.1. The molecule has 1 N–H and O–H groups in total. The number of rotatable bonds is 4. The van der Waals surface area contributed by atoms with Gasteiger partial charge < -0.3 is 15.0 Å². The molecule has 0 radical (unpaired) electrons. The fourth-order valence-electron chi connectivity index (χ4n) is 2.60. The number of nitrogens with zero attached hydrogens (tertiary/aromatic N) is 1. The molecule has 7 nitrogen and oxygen atoms in total. The fraction of sp³-hybridized carbons (Fsp3) is 0.500. The molecule has 24 heavy (non-hydrogen) atoms. The van der Waals surface area contributed by atoms with Crippen molar-refractivity contribution in [1.82, 2.24) is 4.90 Å². The Kier molecular flexibility index (Phi) is 5.82. The third kappa shape index (κ3) is 4.70. The molecule has 1 saturated heterocycles. The van der Waals surface area contributed by atoms with Crippen LogP contribution in [0.5, 0.6) is 0 Å². The molecule has 8 heteroatoms. The second-order valence-corrected chi connectivity index (χ2v) is 7.79. The average molecular weight is 354 g/mol. The maximum absolute atomic E-state index is 12.4. The van der Waals surface area contributed by atoms with Crippen molar-refractivity contribution < 1.29 is 22.7 Å². The van der Waals surface area contributed by atoms with Gasteiger partial charge in [0.15, 0.2) is 9.84 Å². The van der Waals surface area contributed by atoms with Crippen molar-refractivity contribution in [3.8, 4) is 0 Å². The summed E-state index contributed by atoms with van der Waals surface area (Å²) in [5, 5.41) is 2.77. The number of piperidine rings is 1. The molecule has 0 aromatic heterocycles. The van der Waals surface area contributed by atoms with Gasteiger partial charge in [-0.2, -0.15) is 0 Å². The number of anilines is 1. The van der Waals surface area contributed by atoms with Crippen LogP contribution in [-0.4, -0.2) is 51.3 Å². The van der Waals surface area contributed by atoms with Crippen molar-refractivity contribution in [3.63, 3.8) is 0 Å². The molecular formula is C16H22N2O5S. The number of amides is 2. The van der Waals surface area contributed by atoms with Crippen molar-refractivity contribution >= 4 is 27.5 Å². The Hall–Kier alpha value is -2.09. The Morgan fingerprint density at radius 2 is 1.96 bits per heavy atom. The molecule has 1 aliphatic rings. The number of carbonyl (C=O) groups is 2. The summed E-state index contributed by atoms with van der Waals surface area (Å²) in [5.41, 5.74) is 0.528. The van der Waals surface area contributed by atoms with Crippen LogP contribution in [0.25, 0.3) is 0 Å². The number of hydrogen-bond acceptors (Lipinski definition) is 5. The molecular weight excluding hydrogens is 332 g/mol. The van der Waals surface area contributed by atoms with E-state index in [2.05, 4.69) is 5.32 Å². The van der Waals surface area contributed by atoms with Gasteiger partial charge in [-0.05, 0) is 44.0 Å². The van der Waals surface area contributed by atoms with Crippen molar-refractivity contribution in [2.24, 2.45) is 5.92 Å². The van der Waals surface area contributed by atoms with Crippen LogP contribution < -0.4 is 5.32 Å². The molecule has 132 valence electrons. The summed E-state index contributed by atoms with van der Waals surface area (Å²) in [6.07, 6.45) is 2.17. The Bertz CT molecular complexity index is 700. The summed E-state index contributed by atoms with van der Waals surface area (Å²) in [6.45, 7) is 2.96. The summed E-state index contributed by atoms with van der Waals surface area (Å²) in [6, 6.07) is 6.02. The molecule has 1 aromatic carbocycles. The zero-order chi connectivity index (χ0) is 17.7. The van der Waals surface area contributed by atoms with Crippen molar-refractivity contribution in [3.05, 3.63) is 24.3 Å². The van der Waals surface area contributed by atoms with Crippen LogP contribution in [0.2, 0.25) is 0 Å². The lowest BCUT2D eigenvalue weighted by Gasteiger charge is -2.31.